The molecule has 2 rings (SSSR count). The molecular weight excluding hydrogens is 180 g/mol. The largest absolute Gasteiger partial charge is 0.390 e. The van der Waals surface area contributed by atoms with Crippen LogP contribution in [0.3, 0.4) is 0 Å². The molecule has 1 aliphatic heterocycles. The minimum absolute atomic E-state index is 0.0188. The van der Waals surface area contributed by atoms with Crippen LogP contribution in [0.15, 0.2) is 0 Å². The Labute approximate surface area is 71.7 Å². The highest BCUT2D eigenvalue weighted by Crippen LogP contribution is 2.39. The highest BCUT2D eigenvalue weighted by atomic mass is 32.2. The third kappa shape index (κ3) is 1.16. The lowest BCUT2D eigenvalue weighted by molar-refractivity contribution is 0.0171. The molecule has 4 nitrogen and oxygen atoms in total. The topological polar surface area (TPSA) is 63.6 Å². The summed E-state index contributed by atoms with van der Waals surface area (Å²) in [4.78, 5) is 0. The van der Waals surface area contributed by atoms with Gasteiger partial charge in [0.15, 0.2) is 0 Å². The van der Waals surface area contributed by atoms with Gasteiger partial charge in [-0.25, -0.2) is 0 Å². The lowest BCUT2D eigenvalue weighted by Gasteiger charge is -2.25. The van der Waals surface area contributed by atoms with E-state index in [2.05, 4.69) is 0 Å². The highest BCUT2D eigenvalue weighted by Gasteiger charge is 2.49. The molecule has 0 aromatic carbocycles. The van der Waals surface area contributed by atoms with Gasteiger partial charge in [-0.1, -0.05) is 6.92 Å². The predicted molar refractivity (Wildman–Crippen MR) is 41.9 cm³/mol. The van der Waals surface area contributed by atoms with Crippen molar-refractivity contribution in [2.24, 2.45) is 11.8 Å². The van der Waals surface area contributed by atoms with Crippen LogP contribution in [0.2, 0.25) is 0 Å². The normalized spacial score (nSPS) is 50.8. The zero-order valence-corrected chi connectivity index (χ0v) is 7.62. The zero-order chi connectivity index (χ0) is 8.93. The summed E-state index contributed by atoms with van der Waals surface area (Å²) in [6, 6.07) is 0. The Balaban J connectivity index is 2.30. The molecule has 2 bridgehead atoms. The zero-order valence-electron chi connectivity index (χ0n) is 6.80. The standard InChI is InChI=1S/C7H12O4S/c1-4-2-5-3-12(9,10)11-7(4)6(5)8/h4-8H,2-3H2,1H3. The molecule has 1 aliphatic carbocycles. The summed E-state index contributed by atoms with van der Waals surface area (Å²) >= 11 is 0. The van der Waals surface area contributed by atoms with Gasteiger partial charge in [-0.15, -0.1) is 0 Å². The summed E-state index contributed by atoms with van der Waals surface area (Å²) < 4.78 is 26.9. The number of aliphatic hydroxyl groups excluding tert-OH is 1. The molecule has 0 amide bonds. The van der Waals surface area contributed by atoms with Crippen LogP contribution in [0.5, 0.6) is 0 Å². The molecule has 0 aromatic heterocycles. The lowest BCUT2D eigenvalue weighted by Crippen LogP contribution is -2.40. The van der Waals surface area contributed by atoms with Gasteiger partial charge in [0.2, 0.25) is 0 Å². The number of hydrogen-bond donors (Lipinski definition) is 1. The fraction of sp³-hybridized carbons (Fsp3) is 1.00. The molecule has 70 valence electrons. The van der Waals surface area contributed by atoms with Crippen molar-refractivity contribution in [1.29, 1.82) is 0 Å². The quantitative estimate of drug-likeness (QED) is 0.537. The fourth-order valence-corrected chi connectivity index (χ4v) is 3.72. The summed E-state index contributed by atoms with van der Waals surface area (Å²) in [5.41, 5.74) is 0. The number of hydrogen-bond acceptors (Lipinski definition) is 4. The molecule has 1 heterocycles. The van der Waals surface area contributed by atoms with Crippen molar-refractivity contribution in [3.05, 3.63) is 0 Å². The van der Waals surface area contributed by atoms with E-state index in [0.29, 0.717) is 0 Å². The Morgan fingerprint density at radius 2 is 2.17 bits per heavy atom. The lowest BCUT2D eigenvalue weighted by atomic mass is 10.1. The fourth-order valence-electron chi connectivity index (χ4n) is 2.15. The Morgan fingerprint density at radius 3 is 2.75 bits per heavy atom. The van der Waals surface area contributed by atoms with E-state index in [1.807, 2.05) is 6.92 Å². The second-order valence-electron chi connectivity index (χ2n) is 3.75. The summed E-state index contributed by atoms with van der Waals surface area (Å²) in [5, 5.41) is 9.52. The Morgan fingerprint density at radius 1 is 1.50 bits per heavy atom. The third-order valence-electron chi connectivity index (χ3n) is 2.73. The summed E-state index contributed by atoms with van der Waals surface area (Å²) in [6.45, 7) is 1.91. The van der Waals surface area contributed by atoms with Gasteiger partial charge < -0.3 is 5.11 Å². The monoisotopic (exact) mass is 192 g/mol. The summed E-state index contributed by atoms with van der Waals surface area (Å²) in [6.07, 6.45) is -0.317. The van der Waals surface area contributed by atoms with E-state index in [1.165, 1.54) is 0 Å². The molecule has 5 heteroatoms. The average Bonchev–Trinajstić information content (AvgIpc) is 2.16. The van der Waals surface area contributed by atoms with E-state index in [1.54, 1.807) is 0 Å². The Bertz CT molecular complexity index is 284. The van der Waals surface area contributed by atoms with Crippen molar-refractivity contribution in [3.8, 4) is 0 Å². The number of fused-ring (bicyclic) bond motifs is 2. The van der Waals surface area contributed by atoms with Gasteiger partial charge in [0, 0.05) is 5.92 Å². The first kappa shape index (κ1) is 8.47. The first-order chi connectivity index (χ1) is 5.49. The minimum Gasteiger partial charge on any atom is -0.390 e. The third-order valence-corrected chi connectivity index (χ3v) is 4.08. The van der Waals surface area contributed by atoms with Crippen LogP contribution < -0.4 is 0 Å². The molecule has 0 radical (unpaired) electrons. The Hall–Kier alpha value is -0.130. The van der Waals surface area contributed by atoms with E-state index >= 15 is 0 Å². The van der Waals surface area contributed by atoms with Gasteiger partial charge >= 0.3 is 0 Å². The van der Waals surface area contributed by atoms with Crippen molar-refractivity contribution in [1.82, 2.24) is 0 Å². The highest BCUT2D eigenvalue weighted by molar-refractivity contribution is 7.86. The maximum atomic E-state index is 11.1. The smallest absolute Gasteiger partial charge is 0.268 e. The van der Waals surface area contributed by atoms with Crippen LogP contribution in [-0.4, -0.2) is 31.5 Å². The van der Waals surface area contributed by atoms with Gasteiger partial charge in [-0.05, 0) is 12.3 Å². The van der Waals surface area contributed by atoms with E-state index < -0.39 is 22.3 Å². The van der Waals surface area contributed by atoms with Gasteiger partial charge in [-0.2, -0.15) is 8.42 Å². The van der Waals surface area contributed by atoms with Gasteiger partial charge in [0.1, 0.15) is 6.10 Å². The van der Waals surface area contributed by atoms with Crippen LogP contribution in [0.25, 0.3) is 0 Å². The molecule has 0 spiro atoms. The molecule has 1 saturated heterocycles. The van der Waals surface area contributed by atoms with Crippen LogP contribution >= 0.6 is 0 Å². The van der Waals surface area contributed by atoms with Crippen LogP contribution in [0.4, 0.5) is 0 Å². The molecule has 12 heavy (non-hydrogen) atoms. The second kappa shape index (κ2) is 2.43. The molecule has 0 aromatic rings. The van der Waals surface area contributed by atoms with Gasteiger partial charge in [0.05, 0.1) is 11.9 Å². The molecule has 2 aliphatic rings. The van der Waals surface area contributed by atoms with E-state index in [0.717, 1.165) is 6.42 Å². The van der Waals surface area contributed by atoms with Crippen LogP contribution in [0.1, 0.15) is 13.3 Å². The SMILES string of the molecule is CC1CC2CS(=O)(=O)OC1C2O. The van der Waals surface area contributed by atoms with Crippen molar-refractivity contribution < 1.29 is 17.7 Å². The van der Waals surface area contributed by atoms with Gasteiger partial charge in [0.25, 0.3) is 10.1 Å². The van der Waals surface area contributed by atoms with E-state index in [9.17, 15) is 13.5 Å². The first-order valence-electron chi connectivity index (χ1n) is 4.08. The minimum atomic E-state index is -3.34. The first-order valence-corrected chi connectivity index (χ1v) is 5.66. The molecule has 1 saturated carbocycles. The number of aliphatic hydroxyl groups is 1. The summed E-state index contributed by atoms with van der Waals surface area (Å²) in [7, 11) is -3.34. The van der Waals surface area contributed by atoms with Crippen molar-refractivity contribution in [2.75, 3.05) is 5.75 Å². The molecule has 1 N–H and O–H groups in total. The summed E-state index contributed by atoms with van der Waals surface area (Å²) in [5.74, 6) is 0.0284. The average molecular weight is 192 g/mol. The Kier molecular flexibility index (Phi) is 1.72. The number of rotatable bonds is 0. The van der Waals surface area contributed by atoms with Crippen LogP contribution in [-0.2, 0) is 14.3 Å². The van der Waals surface area contributed by atoms with Crippen LogP contribution in [0, 0.1) is 11.8 Å². The second-order valence-corrected chi connectivity index (χ2v) is 5.39. The molecule has 2 fully saturated rings. The molecule has 4 unspecified atom stereocenters. The predicted octanol–water partition coefficient (Wildman–Crippen LogP) is -0.268. The van der Waals surface area contributed by atoms with Crippen molar-refractivity contribution in [3.63, 3.8) is 0 Å². The van der Waals surface area contributed by atoms with Crippen molar-refractivity contribution in [2.45, 2.75) is 25.6 Å². The maximum Gasteiger partial charge on any atom is 0.268 e. The van der Waals surface area contributed by atoms with E-state index in [-0.39, 0.29) is 17.6 Å². The van der Waals surface area contributed by atoms with E-state index in [4.69, 9.17) is 4.18 Å². The molecular formula is C7H12O4S. The van der Waals surface area contributed by atoms with Gasteiger partial charge in [-0.3, -0.25) is 4.18 Å². The van der Waals surface area contributed by atoms with Crippen molar-refractivity contribution >= 4 is 10.1 Å². The molecule has 4 atom stereocenters. The maximum absolute atomic E-state index is 11.1.